The van der Waals surface area contributed by atoms with Gasteiger partial charge in [0.05, 0.1) is 4.92 Å². The van der Waals surface area contributed by atoms with Gasteiger partial charge in [0, 0.05) is 6.08 Å². The molecule has 0 spiro atoms. The van der Waals surface area contributed by atoms with E-state index in [-0.39, 0.29) is 12.1 Å². The van der Waals surface area contributed by atoms with Crippen molar-refractivity contribution >= 4 is 5.97 Å². The van der Waals surface area contributed by atoms with E-state index in [2.05, 4.69) is 6.08 Å². The second kappa shape index (κ2) is 3.17. The molecule has 0 fully saturated rings. The maximum atomic E-state index is 10.5. The molecule has 0 saturated heterocycles. The molecule has 1 rings (SSSR count). The Labute approximate surface area is 68.2 Å². The highest BCUT2D eigenvalue weighted by Crippen LogP contribution is 2.20. The number of carboxylic acid groups (broad SMARTS) is 1. The van der Waals surface area contributed by atoms with Gasteiger partial charge in [-0.2, -0.15) is 0 Å². The summed E-state index contributed by atoms with van der Waals surface area (Å²) in [6.45, 7) is 0. The predicted molar refractivity (Wildman–Crippen MR) is 38.6 cm³/mol. The first-order chi connectivity index (χ1) is 5.63. The maximum absolute atomic E-state index is 10.5. The molecule has 0 heterocycles. The summed E-state index contributed by atoms with van der Waals surface area (Å²) in [5, 5.41) is 18.9. The van der Waals surface area contributed by atoms with Crippen LogP contribution in [0.25, 0.3) is 0 Å². The molecule has 1 unspecified atom stereocenters. The van der Waals surface area contributed by atoms with Crippen molar-refractivity contribution in [2.75, 3.05) is 0 Å². The van der Waals surface area contributed by atoms with Gasteiger partial charge in [-0.1, -0.05) is 6.08 Å². The Morgan fingerprint density at radius 2 is 2.50 bits per heavy atom. The first-order valence-electron chi connectivity index (χ1n) is 3.27. The number of carbonyl (C=O) groups is 1. The highest BCUT2D eigenvalue weighted by Gasteiger charge is 2.31. The molecule has 1 atom stereocenters. The van der Waals surface area contributed by atoms with Crippen molar-refractivity contribution < 1.29 is 14.8 Å². The van der Waals surface area contributed by atoms with E-state index < -0.39 is 16.8 Å². The van der Waals surface area contributed by atoms with Crippen molar-refractivity contribution in [1.29, 1.82) is 0 Å². The number of hydrogen-bond acceptors (Lipinski definition) is 3. The number of aliphatic carboxylic acids is 1. The maximum Gasteiger partial charge on any atom is 0.317 e. The second-order valence-corrected chi connectivity index (χ2v) is 2.31. The third-order valence-electron chi connectivity index (χ3n) is 1.56. The minimum atomic E-state index is -1.18. The number of allylic oxidation sites excluding steroid dienone is 3. The van der Waals surface area contributed by atoms with Gasteiger partial charge < -0.3 is 5.11 Å². The van der Waals surface area contributed by atoms with E-state index in [0.717, 1.165) is 0 Å². The molecule has 1 N–H and O–H groups in total. The Kier molecular flexibility index (Phi) is 2.23. The number of hydrogen-bond donors (Lipinski definition) is 1. The van der Waals surface area contributed by atoms with E-state index in [4.69, 9.17) is 5.11 Å². The van der Waals surface area contributed by atoms with Crippen LogP contribution in [-0.2, 0) is 4.79 Å². The van der Waals surface area contributed by atoms with E-state index in [1.807, 2.05) is 0 Å². The molecule has 0 aromatic rings. The average molecular weight is 168 g/mol. The van der Waals surface area contributed by atoms with Gasteiger partial charge in [-0.3, -0.25) is 14.9 Å². The van der Waals surface area contributed by atoms with Crippen molar-refractivity contribution in [3.63, 3.8) is 0 Å². The third kappa shape index (κ3) is 1.50. The molecule has 0 aromatic carbocycles. The second-order valence-electron chi connectivity index (χ2n) is 2.31. The van der Waals surface area contributed by atoms with Crippen LogP contribution in [0.5, 0.6) is 0 Å². The summed E-state index contributed by atoms with van der Waals surface area (Å²) in [6, 6.07) is 0. The largest absolute Gasteiger partial charge is 0.481 e. The summed E-state index contributed by atoms with van der Waals surface area (Å²) in [5.74, 6) is -2.23. The summed E-state index contributed by atoms with van der Waals surface area (Å²) in [7, 11) is 0. The van der Waals surface area contributed by atoms with Gasteiger partial charge in [0.2, 0.25) is 0 Å². The summed E-state index contributed by atoms with van der Waals surface area (Å²) in [4.78, 5) is 20.1. The summed E-state index contributed by atoms with van der Waals surface area (Å²) in [6.07, 6.45) is 5.23. The lowest BCUT2D eigenvalue weighted by Crippen LogP contribution is -2.21. The fraction of sp³-hybridized carbons (Fsp3) is 0.286. The fourth-order valence-electron chi connectivity index (χ4n) is 0.953. The van der Waals surface area contributed by atoms with Crippen molar-refractivity contribution in [3.8, 4) is 0 Å². The van der Waals surface area contributed by atoms with Crippen molar-refractivity contribution in [3.05, 3.63) is 34.0 Å². The highest BCUT2D eigenvalue weighted by atomic mass is 16.6. The van der Waals surface area contributed by atoms with E-state index in [0.29, 0.717) is 0 Å². The van der Waals surface area contributed by atoms with Crippen molar-refractivity contribution in [2.45, 2.75) is 6.42 Å². The molecule has 0 aromatic heterocycles. The summed E-state index contributed by atoms with van der Waals surface area (Å²) >= 11 is 0. The van der Waals surface area contributed by atoms with E-state index in [9.17, 15) is 14.9 Å². The van der Waals surface area contributed by atoms with Gasteiger partial charge in [-0.05, 0) is 12.5 Å². The minimum absolute atomic E-state index is 0.0716. The topological polar surface area (TPSA) is 80.4 Å². The lowest BCUT2D eigenvalue weighted by atomic mass is 9.97. The van der Waals surface area contributed by atoms with Crippen LogP contribution in [0.4, 0.5) is 0 Å². The molecule has 63 valence electrons. The quantitative estimate of drug-likeness (QED) is 0.483. The van der Waals surface area contributed by atoms with Crippen LogP contribution in [0, 0.1) is 22.1 Å². The molecule has 0 bridgehead atoms. The zero-order valence-electron chi connectivity index (χ0n) is 6.06. The Hall–Kier alpha value is -1.65. The van der Waals surface area contributed by atoms with Gasteiger partial charge in [0.15, 0.2) is 5.92 Å². The summed E-state index contributed by atoms with van der Waals surface area (Å²) in [5.41, 5.74) is -0.277. The molecule has 0 amide bonds. The predicted octanol–water partition coefficient (Wildman–Crippen LogP) is 0.611. The first kappa shape index (κ1) is 8.45. The summed E-state index contributed by atoms with van der Waals surface area (Å²) < 4.78 is 0. The smallest absolute Gasteiger partial charge is 0.317 e. The molecular weight excluding hydrogens is 162 g/mol. The lowest BCUT2D eigenvalue weighted by molar-refractivity contribution is -0.432. The van der Waals surface area contributed by atoms with E-state index in [1.165, 1.54) is 12.2 Å². The zero-order chi connectivity index (χ0) is 9.14. The van der Waals surface area contributed by atoms with E-state index >= 15 is 0 Å². The number of rotatable bonds is 2. The normalized spacial score (nSPS) is 21.7. The molecule has 1 aliphatic rings. The molecule has 0 aliphatic heterocycles. The Morgan fingerprint density at radius 1 is 1.83 bits per heavy atom. The minimum Gasteiger partial charge on any atom is -0.481 e. The SMILES string of the molecule is O=C(O)C1C[C]=CC=C1[N+](=O)[O-]. The van der Waals surface area contributed by atoms with Gasteiger partial charge in [-0.15, -0.1) is 0 Å². The van der Waals surface area contributed by atoms with Crippen molar-refractivity contribution in [1.82, 2.24) is 0 Å². The Balaban J connectivity index is 2.91. The van der Waals surface area contributed by atoms with Crippen LogP contribution < -0.4 is 0 Å². The van der Waals surface area contributed by atoms with Crippen LogP contribution in [0.15, 0.2) is 17.8 Å². The molecule has 5 heteroatoms. The van der Waals surface area contributed by atoms with Crippen LogP contribution in [-0.4, -0.2) is 16.0 Å². The molecular formula is C7H6NO4. The molecule has 1 aliphatic carbocycles. The number of nitrogens with zero attached hydrogens (tertiary/aromatic N) is 1. The van der Waals surface area contributed by atoms with Crippen LogP contribution in [0.3, 0.4) is 0 Å². The standard InChI is InChI=1S/C7H6NO4/c9-7(10)5-3-1-2-4-6(5)8(11)12/h2,4-5H,3H2,(H,9,10). The van der Waals surface area contributed by atoms with Gasteiger partial charge in [0.25, 0.3) is 5.70 Å². The average Bonchev–Trinajstić information content (AvgIpc) is 2.04. The first-order valence-corrected chi connectivity index (χ1v) is 3.27. The lowest BCUT2D eigenvalue weighted by Gasteiger charge is -2.08. The monoisotopic (exact) mass is 168 g/mol. The molecule has 12 heavy (non-hydrogen) atoms. The molecule has 0 saturated carbocycles. The molecule has 5 nitrogen and oxygen atoms in total. The van der Waals surface area contributed by atoms with Crippen LogP contribution in [0.2, 0.25) is 0 Å². The van der Waals surface area contributed by atoms with Gasteiger partial charge >= 0.3 is 5.97 Å². The number of nitro groups is 1. The Bertz CT molecular complexity index is 279. The Morgan fingerprint density at radius 3 is 2.92 bits per heavy atom. The van der Waals surface area contributed by atoms with Crippen LogP contribution in [0.1, 0.15) is 6.42 Å². The van der Waals surface area contributed by atoms with E-state index in [1.54, 1.807) is 0 Å². The fourth-order valence-corrected chi connectivity index (χ4v) is 0.953. The third-order valence-corrected chi connectivity index (χ3v) is 1.56. The van der Waals surface area contributed by atoms with Gasteiger partial charge in [0.1, 0.15) is 0 Å². The van der Waals surface area contributed by atoms with Crippen LogP contribution >= 0.6 is 0 Å². The van der Waals surface area contributed by atoms with Gasteiger partial charge in [-0.25, -0.2) is 0 Å². The van der Waals surface area contributed by atoms with Crippen molar-refractivity contribution in [2.24, 2.45) is 5.92 Å². The zero-order valence-corrected chi connectivity index (χ0v) is 6.06. The number of carboxylic acids is 1. The highest BCUT2D eigenvalue weighted by molar-refractivity contribution is 5.73. The molecule has 1 radical (unpaired) electrons.